The molecule has 2 aromatic rings. The van der Waals surface area contributed by atoms with Crippen LogP contribution >= 0.6 is 0 Å². The summed E-state index contributed by atoms with van der Waals surface area (Å²) >= 11 is 0. The summed E-state index contributed by atoms with van der Waals surface area (Å²) in [6.45, 7) is 4.91. The van der Waals surface area contributed by atoms with Gasteiger partial charge >= 0.3 is 0 Å². The van der Waals surface area contributed by atoms with E-state index in [1.807, 2.05) is 49.4 Å². The van der Waals surface area contributed by atoms with E-state index in [9.17, 15) is 4.79 Å². The molecule has 1 saturated heterocycles. The molecule has 144 valence electrons. The number of benzene rings is 2. The molecule has 0 saturated carbocycles. The van der Waals surface area contributed by atoms with Crippen molar-refractivity contribution in [1.29, 1.82) is 0 Å². The molecule has 0 spiro atoms. The van der Waals surface area contributed by atoms with Crippen LogP contribution in [0.3, 0.4) is 0 Å². The maximum Gasteiger partial charge on any atom is 0.239 e. The smallest absolute Gasteiger partial charge is 0.239 e. The van der Waals surface area contributed by atoms with Gasteiger partial charge in [-0.25, -0.2) is 10.9 Å². The number of nitrogens with one attached hydrogen (secondary N) is 3. The van der Waals surface area contributed by atoms with Crippen LogP contribution in [0.4, 0.5) is 0 Å². The second-order valence-electron chi connectivity index (χ2n) is 7.04. The molecular formula is C22H29N3O2. The van der Waals surface area contributed by atoms with E-state index in [2.05, 4.69) is 35.2 Å². The first kappa shape index (κ1) is 19.4. The second-order valence-corrected chi connectivity index (χ2v) is 7.04. The third-order valence-electron chi connectivity index (χ3n) is 4.93. The van der Waals surface area contributed by atoms with E-state index in [1.54, 1.807) is 0 Å². The maximum absolute atomic E-state index is 12.6. The Morgan fingerprint density at radius 3 is 2.59 bits per heavy atom. The molecule has 3 atom stereocenters. The topological polar surface area (TPSA) is 62.4 Å². The van der Waals surface area contributed by atoms with Crippen molar-refractivity contribution in [3.63, 3.8) is 0 Å². The molecule has 3 rings (SSSR count). The lowest BCUT2D eigenvalue weighted by molar-refractivity contribution is -0.123. The van der Waals surface area contributed by atoms with Gasteiger partial charge in [0.2, 0.25) is 5.91 Å². The van der Waals surface area contributed by atoms with Crippen LogP contribution in [0.5, 0.6) is 5.75 Å². The van der Waals surface area contributed by atoms with Crippen LogP contribution in [0, 0.1) is 0 Å². The number of hydrogen-bond acceptors (Lipinski definition) is 4. The van der Waals surface area contributed by atoms with Crippen molar-refractivity contribution in [3.8, 4) is 5.75 Å². The normalized spacial score (nSPS) is 20.2. The zero-order valence-corrected chi connectivity index (χ0v) is 16.1. The van der Waals surface area contributed by atoms with Crippen molar-refractivity contribution in [1.82, 2.24) is 16.2 Å². The molecule has 1 aliphatic heterocycles. The Kier molecular flexibility index (Phi) is 6.85. The van der Waals surface area contributed by atoms with Crippen molar-refractivity contribution >= 4 is 5.91 Å². The summed E-state index contributed by atoms with van der Waals surface area (Å²) in [7, 11) is 0. The van der Waals surface area contributed by atoms with Crippen LogP contribution < -0.4 is 20.9 Å². The Labute approximate surface area is 161 Å². The Morgan fingerprint density at radius 2 is 1.89 bits per heavy atom. The van der Waals surface area contributed by atoms with Crippen molar-refractivity contribution in [2.45, 2.75) is 51.2 Å². The number of unbranched alkanes of at least 4 members (excludes halogenated alkanes) is 1. The third-order valence-corrected chi connectivity index (χ3v) is 4.93. The molecule has 5 nitrogen and oxygen atoms in total. The molecule has 1 amide bonds. The second kappa shape index (κ2) is 9.53. The summed E-state index contributed by atoms with van der Waals surface area (Å²) in [5, 5.41) is 3.09. The van der Waals surface area contributed by atoms with Crippen LogP contribution in [0.2, 0.25) is 0 Å². The van der Waals surface area contributed by atoms with Gasteiger partial charge in [0.15, 0.2) is 0 Å². The van der Waals surface area contributed by atoms with Gasteiger partial charge in [-0.3, -0.25) is 4.79 Å². The van der Waals surface area contributed by atoms with Gasteiger partial charge in [-0.2, -0.15) is 0 Å². The molecule has 0 radical (unpaired) electrons. The minimum absolute atomic E-state index is 0.0147. The van der Waals surface area contributed by atoms with Crippen molar-refractivity contribution < 1.29 is 9.53 Å². The molecule has 3 N–H and O–H groups in total. The predicted octanol–water partition coefficient (Wildman–Crippen LogP) is 3.65. The fraction of sp³-hybridized carbons (Fsp3) is 0.409. The first-order chi connectivity index (χ1) is 13.2. The average Bonchev–Trinajstić information content (AvgIpc) is 3.20. The van der Waals surface area contributed by atoms with Gasteiger partial charge in [0.25, 0.3) is 0 Å². The molecule has 3 unspecified atom stereocenters. The largest absolute Gasteiger partial charge is 0.494 e. The van der Waals surface area contributed by atoms with Crippen LogP contribution in [0.25, 0.3) is 0 Å². The molecular weight excluding hydrogens is 338 g/mol. The Morgan fingerprint density at radius 1 is 1.15 bits per heavy atom. The highest BCUT2D eigenvalue weighted by molar-refractivity contribution is 5.82. The van der Waals surface area contributed by atoms with Gasteiger partial charge in [-0.05, 0) is 43.0 Å². The lowest BCUT2D eigenvalue weighted by Gasteiger charge is -2.17. The van der Waals surface area contributed by atoms with E-state index < -0.39 is 0 Å². The SMILES string of the molecule is CCCCOc1ccc(C2CC(C(=O)NC(C)c3ccccc3)NN2)cc1. The third kappa shape index (κ3) is 5.31. The van der Waals surface area contributed by atoms with Crippen LogP contribution in [0.15, 0.2) is 54.6 Å². The van der Waals surface area contributed by atoms with E-state index in [4.69, 9.17) is 4.74 Å². The first-order valence-corrected chi connectivity index (χ1v) is 9.76. The van der Waals surface area contributed by atoms with Gasteiger partial charge in [-0.15, -0.1) is 0 Å². The Bertz CT molecular complexity index is 718. The van der Waals surface area contributed by atoms with Crippen molar-refractivity contribution in [2.24, 2.45) is 0 Å². The zero-order valence-electron chi connectivity index (χ0n) is 16.1. The lowest BCUT2D eigenvalue weighted by Crippen LogP contribution is -2.43. The number of rotatable bonds is 8. The zero-order chi connectivity index (χ0) is 19.1. The van der Waals surface area contributed by atoms with E-state index in [0.717, 1.165) is 36.3 Å². The van der Waals surface area contributed by atoms with Gasteiger partial charge < -0.3 is 10.1 Å². The van der Waals surface area contributed by atoms with Crippen LogP contribution in [-0.4, -0.2) is 18.6 Å². The highest BCUT2D eigenvalue weighted by Gasteiger charge is 2.30. The average molecular weight is 367 g/mol. The lowest BCUT2D eigenvalue weighted by atomic mass is 10.0. The number of carbonyl (C=O) groups is 1. The molecule has 1 aliphatic rings. The fourth-order valence-corrected chi connectivity index (χ4v) is 3.22. The number of hydrazine groups is 1. The quantitative estimate of drug-likeness (QED) is 0.623. The maximum atomic E-state index is 12.6. The highest BCUT2D eigenvalue weighted by Crippen LogP contribution is 2.25. The van der Waals surface area contributed by atoms with Crippen LogP contribution in [0.1, 0.15) is 56.3 Å². The van der Waals surface area contributed by atoms with E-state index in [1.165, 1.54) is 0 Å². The van der Waals surface area contributed by atoms with Crippen molar-refractivity contribution in [3.05, 3.63) is 65.7 Å². The molecule has 27 heavy (non-hydrogen) atoms. The predicted molar refractivity (Wildman–Crippen MR) is 107 cm³/mol. The molecule has 1 fully saturated rings. The number of ether oxygens (including phenoxy) is 1. The van der Waals surface area contributed by atoms with Gasteiger partial charge in [0, 0.05) is 6.04 Å². The summed E-state index contributed by atoms with van der Waals surface area (Å²) < 4.78 is 5.71. The standard InChI is InChI=1S/C22H29N3O2/c1-3-4-14-27-19-12-10-18(11-13-19)20-15-21(25-24-20)22(26)23-16(2)17-8-6-5-7-9-17/h5-13,16,20-21,24-25H,3-4,14-15H2,1-2H3,(H,23,26). The summed E-state index contributed by atoms with van der Waals surface area (Å²) in [5.41, 5.74) is 8.62. The monoisotopic (exact) mass is 367 g/mol. The molecule has 2 aromatic carbocycles. The van der Waals surface area contributed by atoms with E-state index in [-0.39, 0.29) is 24.0 Å². The molecule has 1 heterocycles. The summed E-state index contributed by atoms with van der Waals surface area (Å²) in [6, 6.07) is 18.0. The number of amides is 1. The number of hydrogen-bond donors (Lipinski definition) is 3. The summed E-state index contributed by atoms with van der Waals surface area (Å²) in [5.74, 6) is 0.907. The minimum atomic E-state index is -0.248. The van der Waals surface area contributed by atoms with E-state index in [0.29, 0.717) is 6.42 Å². The molecule has 0 aromatic heterocycles. The fourth-order valence-electron chi connectivity index (χ4n) is 3.22. The van der Waals surface area contributed by atoms with Gasteiger partial charge in [0.05, 0.1) is 12.6 Å². The summed E-state index contributed by atoms with van der Waals surface area (Å²) in [6.07, 6.45) is 2.90. The Hall–Kier alpha value is -2.37. The molecule has 5 heteroatoms. The van der Waals surface area contributed by atoms with Gasteiger partial charge in [-0.1, -0.05) is 55.8 Å². The van der Waals surface area contributed by atoms with Crippen molar-refractivity contribution in [2.75, 3.05) is 6.61 Å². The van der Waals surface area contributed by atoms with E-state index >= 15 is 0 Å². The number of carbonyl (C=O) groups excluding carboxylic acids is 1. The molecule has 0 aliphatic carbocycles. The van der Waals surface area contributed by atoms with Gasteiger partial charge in [0.1, 0.15) is 11.8 Å². The Balaban J connectivity index is 1.51. The summed E-state index contributed by atoms with van der Waals surface area (Å²) in [4.78, 5) is 12.6. The highest BCUT2D eigenvalue weighted by atomic mass is 16.5. The minimum Gasteiger partial charge on any atom is -0.494 e. The molecule has 0 bridgehead atoms. The van der Waals surface area contributed by atoms with Crippen LogP contribution in [-0.2, 0) is 4.79 Å². The first-order valence-electron chi connectivity index (χ1n) is 9.76.